The summed E-state index contributed by atoms with van der Waals surface area (Å²) in [7, 11) is 0. The Morgan fingerprint density at radius 3 is 2.18 bits per heavy atom. The Hall–Kier alpha value is 0.250. The molecule has 0 fully saturated rings. The van der Waals surface area contributed by atoms with Gasteiger partial charge in [-0.3, -0.25) is 0 Å². The zero-order chi connectivity index (χ0) is 7.82. The second-order valence-corrected chi connectivity index (χ2v) is 3.01. The van der Waals surface area contributed by atoms with Crippen molar-refractivity contribution in [3.05, 3.63) is 0 Å². The van der Waals surface area contributed by atoms with E-state index in [1.807, 2.05) is 0 Å². The third-order valence-electron chi connectivity index (χ3n) is 2.13. The van der Waals surface area contributed by atoms with Crippen molar-refractivity contribution >= 4 is 12.4 Å². The topological polar surface area (TPSA) is 26.0 Å². The van der Waals surface area contributed by atoms with E-state index < -0.39 is 0 Å². The third kappa shape index (κ3) is 8.15. The summed E-state index contributed by atoms with van der Waals surface area (Å²) in [4.78, 5) is 0. The van der Waals surface area contributed by atoms with Crippen molar-refractivity contribution in [3.8, 4) is 0 Å². The molecular formula is C9H22ClN. The van der Waals surface area contributed by atoms with Crippen LogP contribution in [0.2, 0.25) is 0 Å². The van der Waals surface area contributed by atoms with Crippen LogP contribution < -0.4 is 5.73 Å². The van der Waals surface area contributed by atoms with Gasteiger partial charge in [-0.15, -0.1) is 12.4 Å². The molecule has 0 aliphatic heterocycles. The van der Waals surface area contributed by atoms with E-state index in [-0.39, 0.29) is 12.4 Å². The molecule has 0 aliphatic rings. The molecule has 0 aliphatic carbocycles. The van der Waals surface area contributed by atoms with Gasteiger partial charge in [0, 0.05) is 0 Å². The molecule has 0 rings (SSSR count). The van der Waals surface area contributed by atoms with Gasteiger partial charge in [0.15, 0.2) is 0 Å². The molecule has 2 heteroatoms. The largest absolute Gasteiger partial charge is 0.330 e. The highest BCUT2D eigenvalue weighted by Gasteiger charge is 2.01. The quantitative estimate of drug-likeness (QED) is 0.624. The van der Waals surface area contributed by atoms with E-state index in [0.717, 1.165) is 12.5 Å². The Kier molecular flexibility index (Phi) is 12.9. The van der Waals surface area contributed by atoms with Crippen LogP contribution in [0, 0.1) is 5.92 Å². The highest BCUT2D eigenvalue weighted by Crippen LogP contribution is 2.11. The van der Waals surface area contributed by atoms with Crippen LogP contribution >= 0.6 is 12.4 Å². The molecule has 0 saturated heterocycles. The van der Waals surface area contributed by atoms with E-state index in [9.17, 15) is 0 Å². The van der Waals surface area contributed by atoms with Crippen molar-refractivity contribution in [3.63, 3.8) is 0 Å². The van der Waals surface area contributed by atoms with E-state index in [1.54, 1.807) is 0 Å². The van der Waals surface area contributed by atoms with Crippen molar-refractivity contribution in [2.75, 3.05) is 6.54 Å². The summed E-state index contributed by atoms with van der Waals surface area (Å²) in [6, 6.07) is 0. The fourth-order valence-electron chi connectivity index (χ4n) is 1.17. The molecule has 2 N–H and O–H groups in total. The van der Waals surface area contributed by atoms with Crippen molar-refractivity contribution in [2.24, 2.45) is 11.7 Å². The lowest BCUT2D eigenvalue weighted by Gasteiger charge is -2.10. The van der Waals surface area contributed by atoms with Crippen molar-refractivity contribution < 1.29 is 0 Å². The molecule has 11 heavy (non-hydrogen) atoms. The molecule has 0 aromatic rings. The first-order valence-electron chi connectivity index (χ1n) is 4.55. The lowest BCUT2D eigenvalue weighted by atomic mass is 9.99. The average Bonchev–Trinajstić information content (AvgIpc) is 1.99. The fraction of sp³-hybridized carbons (Fsp3) is 1.00. The van der Waals surface area contributed by atoms with Crippen LogP contribution in [-0.2, 0) is 0 Å². The van der Waals surface area contributed by atoms with Crippen molar-refractivity contribution in [1.82, 2.24) is 0 Å². The van der Waals surface area contributed by atoms with Crippen LogP contribution in [0.25, 0.3) is 0 Å². The Labute approximate surface area is 77.2 Å². The Balaban J connectivity index is 0. The summed E-state index contributed by atoms with van der Waals surface area (Å²) < 4.78 is 0. The van der Waals surface area contributed by atoms with E-state index in [2.05, 4.69) is 13.8 Å². The number of nitrogens with two attached hydrogens (primary N) is 1. The van der Waals surface area contributed by atoms with Crippen LogP contribution in [-0.4, -0.2) is 6.54 Å². The third-order valence-corrected chi connectivity index (χ3v) is 2.13. The maximum Gasteiger partial charge on any atom is -0.00490 e. The molecule has 0 aromatic heterocycles. The zero-order valence-electron chi connectivity index (χ0n) is 7.81. The van der Waals surface area contributed by atoms with Crippen LogP contribution in [0.5, 0.6) is 0 Å². The maximum absolute atomic E-state index is 5.57. The van der Waals surface area contributed by atoms with E-state index in [1.165, 1.54) is 32.1 Å². The molecule has 0 bridgehead atoms. The predicted molar refractivity (Wildman–Crippen MR) is 54.2 cm³/mol. The minimum atomic E-state index is 0. The second-order valence-electron chi connectivity index (χ2n) is 3.01. The lowest BCUT2D eigenvalue weighted by molar-refractivity contribution is 0.454. The van der Waals surface area contributed by atoms with Gasteiger partial charge in [-0.1, -0.05) is 39.5 Å². The van der Waals surface area contributed by atoms with Crippen molar-refractivity contribution in [1.29, 1.82) is 0 Å². The highest BCUT2D eigenvalue weighted by molar-refractivity contribution is 5.85. The monoisotopic (exact) mass is 179 g/mol. The van der Waals surface area contributed by atoms with Gasteiger partial charge in [0.25, 0.3) is 0 Å². The van der Waals surface area contributed by atoms with Gasteiger partial charge < -0.3 is 5.73 Å². The predicted octanol–water partition coefficient (Wildman–Crippen LogP) is 2.97. The van der Waals surface area contributed by atoms with Gasteiger partial charge in [-0.25, -0.2) is 0 Å². The number of hydrogen-bond acceptors (Lipinski definition) is 1. The first kappa shape index (κ1) is 13.8. The Morgan fingerprint density at radius 2 is 1.82 bits per heavy atom. The number of hydrogen-bond donors (Lipinski definition) is 1. The summed E-state index contributed by atoms with van der Waals surface area (Å²) >= 11 is 0. The van der Waals surface area contributed by atoms with Crippen LogP contribution in [0.15, 0.2) is 0 Å². The summed E-state index contributed by atoms with van der Waals surface area (Å²) in [5.74, 6) is 0.784. The number of halogens is 1. The first-order chi connectivity index (χ1) is 4.85. The van der Waals surface area contributed by atoms with Crippen LogP contribution in [0.4, 0.5) is 0 Å². The molecule has 0 saturated carbocycles. The smallest absolute Gasteiger partial charge is 0.00490 e. The molecule has 0 amide bonds. The standard InChI is InChI=1S/C9H21N.ClH/c1-3-5-6-7-9(4-2)8-10;/h9H,3-8,10H2,1-2H3;1H. The van der Waals surface area contributed by atoms with Gasteiger partial charge in [-0.05, 0) is 18.9 Å². The average molecular weight is 180 g/mol. The van der Waals surface area contributed by atoms with E-state index in [4.69, 9.17) is 5.73 Å². The molecule has 1 atom stereocenters. The van der Waals surface area contributed by atoms with Gasteiger partial charge in [0.1, 0.15) is 0 Å². The highest BCUT2D eigenvalue weighted by atomic mass is 35.5. The van der Waals surface area contributed by atoms with Crippen molar-refractivity contribution in [2.45, 2.75) is 46.0 Å². The molecule has 0 heterocycles. The molecule has 1 nitrogen and oxygen atoms in total. The molecule has 0 radical (unpaired) electrons. The normalized spacial score (nSPS) is 12.3. The van der Waals surface area contributed by atoms with Gasteiger partial charge in [0.05, 0.1) is 0 Å². The molecule has 70 valence electrons. The van der Waals surface area contributed by atoms with Crippen LogP contribution in [0.3, 0.4) is 0 Å². The molecule has 1 unspecified atom stereocenters. The molecule has 0 aromatic carbocycles. The summed E-state index contributed by atoms with van der Waals surface area (Å²) in [5, 5.41) is 0. The van der Waals surface area contributed by atoms with Gasteiger partial charge >= 0.3 is 0 Å². The fourth-order valence-corrected chi connectivity index (χ4v) is 1.17. The summed E-state index contributed by atoms with van der Waals surface area (Å²) in [6.07, 6.45) is 6.64. The Morgan fingerprint density at radius 1 is 1.18 bits per heavy atom. The first-order valence-corrected chi connectivity index (χ1v) is 4.55. The van der Waals surface area contributed by atoms with E-state index >= 15 is 0 Å². The minimum Gasteiger partial charge on any atom is -0.330 e. The molecular weight excluding hydrogens is 158 g/mol. The van der Waals surface area contributed by atoms with Gasteiger partial charge in [-0.2, -0.15) is 0 Å². The number of rotatable bonds is 6. The summed E-state index contributed by atoms with van der Waals surface area (Å²) in [6.45, 7) is 5.34. The van der Waals surface area contributed by atoms with Crippen LogP contribution in [0.1, 0.15) is 46.0 Å². The molecule has 0 spiro atoms. The summed E-state index contributed by atoms with van der Waals surface area (Å²) in [5.41, 5.74) is 5.57. The van der Waals surface area contributed by atoms with Gasteiger partial charge in [0.2, 0.25) is 0 Å². The maximum atomic E-state index is 5.57. The number of unbranched alkanes of at least 4 members (excludes halogenated alkanes) is 2. The minimum absolute atomic E-state index is 0. The zero-order valence-corrected chi connectivity index (χ0v) is 8.62. The Bertz CT molecular complexity index is 62.6. The SMILES string of the molecule is CCCCCC(CC)CN.Cl. The lowest BCUT2D eigenvalue weighted by Crippen LogP contribution is -2.12. The van der Waals surface area contributed by atoms with E-state index in [0.29, 0.717) is 0 Å². The second kappa shape index (κ2) is 10.2.